The van der Waals surface area contributed by atoms with Crippen molar-refractivity contribution < 1.29 is 4.79 Å². The molecule has 0 saturated carbocycles. The molecule has 0 aliphatic heterocycles. The Kier molecular flexibility index (Phi) is 4.20. The number of nitrogens with zero attached hydrogens (tertiary/aromatic N) is 3. The maximum absolute atomic E-state index is 12.3. The molecule has 110 valence electrons. The summed E-state index contributed by atoms with van der Waals surface area (Å²) in [6, 6.07) is 15.0. The van der Waals surface area contributed by atoms with Crippen LogP contribution in [-0.2, 0) is 0 Å². The van der Waals surface area contributed by atoms with Crippen LogP contribution in [0.5, 0.6) is 0 Å². The second-order valence-electron chi connectivity index (χ2n) is 4.60. The van der Waals surface area contributed by atoms with Gasteiger partial charge >= 0.3 is 0 Å². The van der Waals surface area contributed by atoms with Crippen molar-refractivity contribution in [1.82, 2.24) is 14.8 Å². The molecule has 3 rings (SSSR count). The Hall–Kier alpha value is -2.60. The molecule has 1 amide bonds. The summed E-state index contributed by atoms with van der Waals surface area (Å²) in [5.41, 5.74) is 2.30. The van der Waals surface area contributed by atoms with Gasteiger partial charge in [0.15, 0.2) is 0 Å². The first-order valence-corrected chi connectivity index (χ1v) is 7.89. The van der Waals surface area contributed by atoms with Gasteiger partial charge in [0.25, 0.3) is 5.91 Å². The Balaban J connectivity index is 1.74. The lowest BCUT2D eigenvalue weighted by atomic mass is 10.2. The summed E-state index contributed by atoms with van der Waals surface area (Å²) in [6.07, 6.45) is 5.23. The molecule has 2 aromatic carbocycles. The van der Waals surface area contributed by atoms with Crippen molar-refractivity contribution in [3.8, 4) is 5.69 Å². The number of rotatable bonds is 4. The average molecular weight is 310 g/mol. The van der Waals surface area contributed by atoms with Gasteiger partial charge in [-0.2, -0.15) is 0 Å². The predicted octanol–water partition coefficient (Wildman–Crippen LogP) is 3.24. The molecule has 0 radical (unpaired) electrons. The summed E-state index contributed by atoms with van der Waals surface area (Å²) in [7, 11) is 0. The van der Waals surface area contributed by atoms with Crippen molar-refractivity contribution in [3.05, 3.63) is 66.7 Å². The zero-order valence-electron chi connectivity index (χ0n) is 11.9. The minimum absolute atomic E-state index is 0.131. The summed E-state index contributed by atoms with van der Waals surface area (Å²) in [5, 5.41) is 10.4. The molecule has 22 heavy (non-hydrogen) atoms. The first-order valence-electron chi connectivity index (χ1n) is 6.67. The third kappa shape index (κ3) is 3.17. The number of benzene rings is 2. The lowest BCUT2D eigenvalue weighted by molar-refractivity contribution is 0.102. The third-order valence-electron chi connectivity index (χ3n) is 3.17. The maximum atomic E-state index is 12.3. The first-order chi connectivity index (χ1) is 10.8. The van der Waals surface area contributed by atoms with Crippen LogP contribution in [0.4, 0.5) is 5.69 Å². The smallest absolute Gasteiger partial charge is 0.255 e. The molecule has 0 atom stereocenters. The molecule has 0 saturated heterocycles. The van der Waals surface area contributed by atoms with Gasteiger partial charge in [-0.05, 0) is 48.7 Å². The highest BCUT2D eigenvalue weighted by Crippen LogP contribution is 2.19. The van der Waals surface area contributed by atoms with Gasteiger partial charge in [0, 0.05) is 21.8 Å². The van der Waals surface area contributed by atoms with Gasteiger partial charge in [-0.15, -0.1) is 22.0 Å². The van der Waals surface area contributed by atoms with E-state index in [1.54, 1.807) is 41.1 Å². The molecule has 0 aliphatic carbocycles. The number of anilines is 1. The van der Waals surface area contributed by atoms with Crippen LogP contribution < -0.4 is 5.32 Å². The average Bonchev–Trinajstić information content (AvgIpc) is 3.09. The van der Waals surface area contributed by atoms with E-state index in [-0.39, 0.29) is 5.91 Å². The lowest BCUT2D eigenvalue weighted by Gasteiger charge is -2.07. The van der Waals surface area contributed by atoms with E-state index in [9.17, 15) is 4.79 Å². The van der Waals surface area contributed by atoms with Crippen molar-refractivity contribution in [2.45, 2.75) is 4.90 Å². The second-order valence-corrected chi connectivity index (χ2v) is 5.48. The fraction of sp³-hybridized carbons (Fsp3) is 0.0625. The van der Waals surface area contributed by atoms with Crippen LogP contribution in [0, 0.1) is 0 Å². The molecule has 0 aliphatic rings. The predicted molar refractivity (Wildman–Crippen MR) is 87.5 cm³/mol. The van der Waals surface area contributed by atoms with Crippen molar-refractivity contribution in [1.29, 1.82) is 0 Å². The zero-order valence-corrected chi connectivity index (χ0v) is 12.7. The number of aromatic nitrogens is 3. The second kappa shape index (κ2) is 6.44. The standard InChI is InChI=1S/C16H14N4OS/c1-22-15-4-2-3-13(9-15)19-16(21)12-5-7-14(8-6-12)20-10-17-18-11-20/h2-11H,1H3,(H,19,21). The monoisotopic (exact) mass is 310 g/mol. The lowest BCUT2D eigenvalue weighted by Crippen LogP contribution is -2.11. The fourth-order valence-corrected chi connectivity index (χ4v) is 2.48. The van der Waals surface area contributed by atoms with Crippen molar-refractivity contribution >= 4 is 23.4 Å². The van der Waals surface area contributed by atoms with Crippen LogP contribution in [0.15, 0.2) is 66.1 Å². The van der Waals surface area contributed by atoms with Gasteiger partial charge in [-0.1, -0.05) is 6.07 Å². The summed E-state index contributed by atoms with van der Waals surface area (Å²) in [6.45, 7) is 0. The molecule has 1 N–H and O–H groups in total. The topological polar surface area (TPSA) is 59.8 Å². The van der Waals surface area contributed by atoms with E-state index in [2.05, 4.69) is 15.5 Å². The van der Waals surface area contributed by atoms with Crippen molar-refractivity contribution in [3.63, 3.8) is 0 Å². The Labute approximate surface area is 132 Å². The highest BCUT2D eigenvalue weighted by atomic mass is 32.2. The summed E-state index contributed by atoms with van der Waals surface area (Å²) in [4.78, 5) is 13.4. The zero-order chi connectivity index (χ0) is 15.4. The molecule has 0 unspecified atom stereocenters. The minimum Gasteiger partial charge on any atom is -0.322 e. The Morgan fingerprint density at radius 2 is 1.82 bits per heavy atom. The number of amides is 1. The number of nitrogens with one attached hydrogen (secondary N) is 1. The van der Waals surface area contributed by atoms with E-state index in [0.29, 0.717) is 5.56 Å². The summed E-state index contributed by atoms with van der Waals surface area (Å²) < 4.78 is 1.78. The van der Waals surface area contributed by atoms with E-state index < -0.39 is 0 Å². The largest absolute Gasteiger partial charge is 0.322 e. The van der Waals surface area contributed by atoms with Crippen LogP contribution in [0.25, 0.3) is 5.69 Å². The Bertz CT molecular complexity index is 769. The van der Waals surface area contributed by atoms with Gasteiger partial charge in [0.1, 0.15) is 12.7 Å². The first kappa shape index (κ1) is 14.3. The molecule has 6 heteroatoms. The summed E-state index contributed by atoms with van der Waals surface area (Å²) >= 11 is 1.64. The van der Waals surface area contributed by atoms with E-state index in [1.165, 1.54) is 0 Å². The molecule has 0 spiro atoms. The fourth-order valence-electron chi connectivity index (χ4n) is 2.02. The van der Waals surface area contributed by atoms with E-state index in [0.717, 1.165) is 16.3 Å². The molecular weight excluding hydrogens is 296 g/mol. The number of hydrogen-bond acceptors (Lipinski definition) is 4. The highest BCUT2D eigenvalue weighted by Gasteiger charge is 2.07. The molecule has 5 nitrogen and oxygen atoms in total. The van der Waals surface area contributed by atoms with Crippen LogP contribution in [-0.4, -0.2) is 26.9 Å². The van der Waals surface area contributed by atoms with Crippen molar-refractivity contribution in [2.75, 3.05) is 11.6 Å². The number of carbonyl (C=O) groups excluding carboxylic acids is 1. The minimum atomic E-state index is -0.131. The van der Waals surface area contributed by atoms with E-state index >= 15 is 0 Å². The normalized spacial score (nSPS) is 10.4. The number of thioether (sulfide) groups is 1. The van der Waals surface area contributed by atoms with Crippen LogP contribution in [0.3, 0.4) is 0 Å². The van der Waals surface area contributed by atoms with Gasteiger partial charge in [0.05, 0.1) is 0 Å². The maximum Gasteiger partial charge on any atom is 0.255 e. The van der Waals surface area contributed by atoms with Crippen molar-refractivity contribution in [2.24, 2.45) is 0 Å². The van der Waals surface area contributed by atoms with Gasteiger partial charge in [-0.3, -0.25) is 9.36 Å². The molecule has 0 bridgehead atoms. The number of carbonyl (C=O) groups is 1. The van der Waals surface area contributed by atoms with Crippen LogP contribution in [0.2, 0.25) is 0 Å². The van der Waals surface area contributed by atoms with Gasteiger partial charge < -0.3 is 5.32 Å². The van der Waals surface area contributed by atoms with Crippen LogP contribution in [0.1, 0.15) is 10.4 Å². The quantitative estimate of drug-likeness (QED) is 0.752. The van der Waals surface area contributed by atoms with E-state index in [1.807, 2.05) is 42.7 Å². The van der Waals surface area contributed by atoms with Gasteiger partial charge in [-0.25, -0.2) is 0 Å². The third-order valence-corrected chi connectivity index (χ3v) is 3.90. The van der Waals surface area contributed by atoms with E-state index in [4.69, 9.17) is 0 Å². The molecular formula is C16H14N4OS. The molecule has 1 heterocycles. The Morgan fingerprint density at radius 3 is 2.50 bits per heavy atom. The van der Waals surface area contributed by atoms with Gasteiger partial charge in [0.2, 0.25) is 0 Å². The Morgan fingerprint density at radius 1 is 1.09 bits per heavy atom. The molecule has 3 aromatic rings. The SMILES string of the molecule is CSc1cccc(NC(=O)c2ccc(-n3cnnc3)cc2)c1. The number of hydrogen-bond donors (Lipinski definition) is 1. The highest BCUT2D eigenvalue weighted by molar-refractivity contribution is 7.98. The summed E-state index contributed by atoms with van der Waals surface area (Å²) in [5.74, 6) is -0.131. The molecule has 0 fully saturated rings. The molecule has 1 aromatic heterocycles. The van der Waals surface area contributed by atoms with Crippen LogP contribution >= 0.6 is 11.8 Å².